The molecule has 0 unspecified atom stereocenters. The Morgan fingerprint density at radius 2 is 2.50 bits per heavy atom. The van der Waals surface area contributed by atoms with E-state index < -0.39 is 0 Å². The van der Waals surface area contributed by atoms with Crippen LogP contribution in [0.25, 0.3) is 0 Å². The Kier molecular flexibility index (Phi) is 2.68. The van der Waals surface area contributed by atoms with E-state index >= 15 is 0 Å². The van der Waals surface area contributed by atoms with Crippen LogP contribution < -0.4 is 10.1 Å². The molecule has 0 aromatic carbocycles. The highest BCUT2D eigenvalue weighted by Crippen LogP contribution is 1.60. The van der Waals surface area contributed by atoms with Gasteiger partial charge in [-0.1, -0.05) is 23.9 Å². The monoisotopic (exact) mass is 138 g/mol. The molecule has 0 radical (unpaired) electrons. The van der Waals surface area contributed by atoms with Crippen LogP contribution in [0.5, 0.6) is 0 Å². The van der Waals surface area contributed by atoms with E-state index in [1.54, 1.807) is 12.4 Å². The summed E-state index contributed by atoms with van der Waals surface area (Å²) in [5.74, 6) is 0. The lowest BCUT2D eigenvalue weighted by atomic mass is 11.0. The van der Waals surface area contributed by atoms with Gasteiger partial charge in [-0.05, 0) is 0 Å². The number of hydrogen-bond acceptors (Lipinski definition) is 3. The van der Waals surface area contributed by atoms with Gasteiger partial charge in [-0.15, -0.1) is 0 Å². The van der Waals surface area contributed by atoms with Crippen molar-refractivity contribution in [1.29, 1.82) is 0 Å². The van der Waals surface area contributed by atoms with Crippen LogP contribution >= 0.6 is 0 Å². The van der Waals surface area contributed by atoms with E-state index in [4.69, 9.17) is 0 Å². The Balaban J connectivity index is 0.0000001000. The normalized spacial score (nSPS) is 8.00. The van der Waals surface area contributed by atoms with Crippen LogP contribution in [0.4, 0.5) is 0 Å². The van der Waals surface area contributed by atoms with Gasteiger partial charge in [-0.25, -0.2) is 0 Å². The average Bonchev–Trinajstić information content (AvgIpc) is 2.67. The number of rotatable bonds is 0. The number of nitrogens with zero attached hydrogens (tertiary/aromatic N) is 4. The zero-order valence-electron chi connectivity index (χ0n) is 5.10. The Hall–Kier alpha value is -1.72. The summed E-state index contributed by atoms with van der Waals surface area (Å²) < 4.78 is 0. The molecule has 0 atom stereocenters. The predicted octanol–water partition coefficient (Wildman–Crippen LogP) is -1.34. The van der Waals surface area contributed by atoms with E-state index in [9.17, 15) is 0 Å². The van der Waals surface area contributed by atoms with Gasteiger partial charge >= 0.3 is 0 Å². The number of tetrazole rings is 1. The minimum Gasteiger partial charge on any atom is -0.450 e. The van der Waals surface area contributed by atoms with Crippen LogP contribution in [-0.2, 0) is 0 Å². The van der Waals surface area contributed by atoms with Crippen molar-refractivity contribution in [2.24, 2.45) is 0 Å². The number of aromatic amines is 2. The van der Waals surface area contributed by atoms with E-state index in [1.807, 2.05) is 0 Å². The first-order valence-corrected chi connectivity index (χ1v) is 2.59. The van der Waals surface area contributed by atoms with Crippen molar-refractivity contribution in [3.05, 3.63) is 25.0 Å². The van der Waals surface area contributed by atoms with Crippen LogP contribution in [-0.4, -0.2) is 20.5 Å². The van der Waals surface area contributed by atoms with Gasteiger partial charge in [0.1, 0.15) is 5.10 Å². The van der Waals surface area contributed by atoms with Gasteiger partial charge in [0.25, 0.3) is 6.33 Å². The first kappa shape index (κ1) is 6.40. The second-order valence-electron chi connectivity index (χ2n) is 1.31. The molecule has 0 bridgehead atoms. The molecule has 0 saturated heterocycles. The molecular weight excluding hydrogens is 132 g/mol. The van der Waals surface area contributed by atoms with Crippen molar-refractivity contribution < 1.29 is 5.10 Å². The van der Waals surface area contributed by atoms with E-state index in [-0.39, 0.29) is 0 Å². The van der Waals surface area contributed by atoms with Gasteiger partial charge in [0.05, 0.1) is 0 Å². The molecule has 0 fully saturated rings. The predicted molar refractivity (Wildman–Crippen MR) is 30.5 cm³/mol. The third kappa shape index (κ3) is 2.55. The topological polar surface area (TPSA) is 82.7 Å². The van der Waals surface area contributed by atoms with Crippen LogP contribution in [0, 0.1) is 0 Å². The SMILES string of the molecule is c1c[n-]cn1.c1nn[nH][nH+]1. The summed E-state index contributed by atoms with van der Waals surface area (Å²) in [5, 5.41) is 11.5. The van der Waals surface area contributed by atoms with Crippen LogP contribution in [0.2, 0.25) is 0 Å². The molecule has 0 amide bonds. The first-order chi connectivity index (χ1) is 5.00. The quantitative estimate of drug-likeness (QED) is 0.488. The second kappa shape index (κ2) is 4.19. The van der Waals surface area contributed by atoms with Crippen molar-refractivity contribution in [3.8, 4) is 0 Å². The standard InChI is InChI=1S/C3H3N2.CH2N4/c1-2-5-3-4-1;1-2-4-5-3-1/h1-3H;1H,(H,2,3,4,5)/q-1;/p+1. The molecule has 6 heteroatoms. The Morgan fingerprint density at radius 1 is 1.50 bits per heavy atom. The van der Waals surface area contributed by atoms with Crippen molar-refractivity contribution >= 4 is 0 Å². The van der Waals surface area contributed by atoms with Crippen LogP contribution in [0.15, 0.2) is 25.0 Å². The molecule has 2 N–H and O–H groups in total. The minimum absolute atomic E-state index is 1.46. The van der Waals surface area contributed by atoms with Gasteiger partial charge in [-0.2, -0.15) is 5.10 Å². The summed E-state index contributed by atoms with van der Waals surface area (Å²) in [7, 11) is 0. The summed E-state index contributed by atoms with van der Waals surface area (Å²) in [6.45, 7) is 0. The summed E-state index contributed by atoms with van der Waals surface area (Å²) in [6, 6.07) is 0. The minimum atomic E-state index is 1.46. The number of H-pyrrole nitrogens is 2. The molecule has 52 valence electrons. The fourth-order valence-electron chi connectivity index (χ4n) is 0.337. The van der Waals surface area contributed by atoms with Crippen molar-refractivity contribution in [3.63, 3.8) is 0 Å². The van der Waals surface area contributed by atoms with Gasteiger partial charge in [0.15, 0.2) is 5.21 Å². The lowest BCUT2D eigenvalue weighted by Crippen LogP contribution is -1.97. The lowest BCUT2D eigenvalue weighted by molar-refractivity contribution is -0.456. The highest BCUT2D eigenvalue weighted by atomic mass is 15.5. The Morgan fingerprint density at radius 3 is 2.70 bits per heavy atom. The fourth-order valence-corrected chi connectivity index (χ4v) is 0.337. The number of aromatic nitrogens is 6. The first-order valence-electron chi connectivity index (χ1n) is 2.59. The van der Waals surface area contributed by atoms with E-state index in [0.717, 1.165) is 0 Å². The van der Waals surface area contributed by atoms with Gasteiger partial charge in [0, 0.05) is 0 Å². The maximum Gasteiger partial charge on any atom is 0.286 e. The average molecular weight is 138 g/mol. The summed E-state index contributed by atoms with van der Waals surface area (Å²) in [5.41, 5.74) is 0. The van der Waals surface area contributed by atoms with Gasteiger partial charge in [-0.3, -0.25) is 0 Å². The zero-order chi connectivity index (χ0) is 7.07. The van der Waals surface area contributed by atoms with Crippen LogP contribution in [0.3, 0.4) is 0 Å². The van der Waals surface area contributed by atoms with E-state index in [0.29, 0.717) is 0 Å². The largest absolute Gasteiger partial charge is 0.450 e. The maximum atomic E-state index is 3.61. The van der Waals surface area contributed by atoms with Crippen molar-refractivity contribution in [2.45, 2.75) is 0 Å². The molecule has 0 aliphatic rings. The molecule has 2 aromatic heterocycles. The molecule has 0 spiro atoms. The Labute approximate surface area is 56.7 Å². The maximum absolute atomic E-state index is 3.61. The van der Waals surface area contributed by atoms with Crippen molar-refractivity contribution in [1.82, 2.24) is 25.5 Å². The zero-order valence-corrected chi connectivity index (χ0v) is 5.10. The summed E-state index contributed by atoms with van der Waals surface area (Å²) in [4.78, 5) is 7.22. The Bertz CT molecular complexity index is 149. The van der Waals surface area contributed by atoms with Gasteiger partial charge in [0.2, 0.25) is 0 Å². The van der Waals surface area contributed by atoms with Crippen LogP contribution in [0.1, 0.15) is 0 Å². The molecule has 2 aromatic rings. The lowest BCUT2D eigenvalue weighted by Gasteiger charge is -1.61. The molecule has 2 rings (SSSR count). The molecular formula is C4H6N6. The van der Waals surface area contributed by atoms with E-state index in [2.05, 4.69) is 30.6 Å². The second-order valence-corrected chi connectivity index (χ2v) is 1.31. The molecule has 10 heavy (non-hydrogen) atoms. The highest BCUT2D eigenvalue weighted by Gasteiger charge is 1.71. The third-order valence-corrected chi connectivity index (χ3v) is 0.667. The number of imidazole rings is 1. The molecule has 2 heterocycles. The summed E-state index contributed by atoms with van der Waals surface area (Å²) in [6.07, 6.45) is 6.24. The van der Waals surface area contributed by atoms with Crippen molar-refractivity contribution in [2.75, 3.05) is 0 Å². The highest BCUT2D eigenvalue weighted by molar-refractivity contribution is 4.64. The summed E-state index contributed by atoms with van der Waals surface area (Å²) >= 11 is 0. The third-order valence-electron chi connectivity index (χ3n) is 0.667. The molecule has 6 nitrogen and oxygen atoms in total. The smallest absolute Gasteiger partial charge is 0.286 e. The number of nitrogens with one attached hydrogen (secondary N) is 2. The fraction of sp³-hybridized carbons (Fsp3) is 0. The molecule has 0 aliphatic heterocycles. The molecule has 0 saturated carbocycles. The number of hydrogen-bond donors (Lipinski definition) is 1. The van der Waals surface area contributed by atoms with E-state index in [1.165, 1.54) is 12.7 Å². The van der Waals surface area contributed by atoms with Gasteiger partial charge < -0.3 is 9.97 Å². The molecule has 0 aliphatic carbocycles.